The van der Waals surface area contributed by atoms with Crippen molar-refractivity contribution in [3.63, 3.8) is 0 Å². The van der Waals surface area contributed by atoms with E-state index in [-0.39, 0.29) is 12.7 Å². The van der Waals surface area contributed by atoms with Gasteiger partial charge in [0.25, 0.3) is 0 Å². The molecule has 1 aliphatic heterocycles. The lowest BCUT2D eigenvalue weighted by Crippen LogP contribution is -2.22. The van der Waals surface area contributed by atoms with Gasteiger partial charge in [0.05, 0.1) is 13.7 Å². The number of ether oxygens (including phenoxy) is 3. The molecule has 0 aromatic heterocycles. The minimum absolute atomic E-state index is 0.000133. The zero-order chi connectivity index (χ0) is 14.7. The van der Waals surface area contributed by atoms with Crippen LogP contribution in [0.5, 0.6) is 17.2 Å². The van der Waals surface area contributed by atoms with Crippen molar-refractivity contribution in [1.29, 1.82) is 0 Å². The lowest BCUT2D eigenvalue weighted by atomic mass is 10.1. The van der Waals surface area contributed by atoms with E-state index in [0.29, 0.717) is 18.1 Å². The molecule has 1 unspecified atom stereocenters. The van der Waals surface area contributed by atoms with Crippen LogP contribution < -0.4 is 14.2 Å². The van der Waals surface area contributed by atoms with E-state index in [1.807, 2.05) is 18.2 Å². The van der Waals surface area contributed by atoms with Gasteiger partial charge in [-0.1, -0.05) is 18.2 Å². The first kappa shape index (κ1) is 13.8. The monoisotopic (exact) mass is 286 g/mol. The molecule has 0 saturated heterocycles. The van der Waals surface area contributed by atoms with E-state index >= 15 is 0 Å². The van der Waals surface area contributed by atoms with Gasteiger partial charge in [0.1, 0.15) is 30.0 Å². The molecule has 21 heavy (non-hydrogen) atoms. The summed E-state index contributed by atoms with van der Waals surface area (Å²) < 4.78 is 16.8. The normalized spacial score (nSPS) is 16.2. The molecule has 1 heterocycles. The number of para-hydroxylation sites is 1. The molecular formula is C17H18O4. The van der Waals surface area contributed by atoms with Gasteiger partial charge < -0.3 is 19.3 Å². The van der Waals surface area contributed by atoms with Crippen molar-refractivity contribution in [2.75, 3.05) is 13.7 Å². The number of hydrogen-bond acceptors (Lipinski definition) is 4. The van der Waals surface area contributed by atoms with Crippen LogP contribution >= 0.6 is 0 Å². The summed E-state index contributed by atoms with van der Waals surface area (Å²) in [5, 5.41) is 9.36. The van der Waals surface area contributed by atoms with Crippen LogP contribution in [-0.4, -0.2) is 24.9 Å². The van der Waals surface area contributed by atoms with E-state index in [9.17, 15) is 5.11 Å². The van der Waals surface area contributed by atoms with Crippen molar-refractivity contribution >= 4 is 0 Å². The SMILES string of the molecule is COc1ccc(CO)c(OCC2Cc3ccccc3O2)c1. The Balaban J connectivity index is 1.66. The van der Waals surface area contributed by atoms with Crippen LogP contribution in [0.25, 0.3) is 0 Å². The second-order valence-electron chi connectivity index (χ2n) is 4.99. The summed E-state index contributed by atoms with van der Waals surface area (Å²) in [6, 6.07) is 13.4. The maximum Gasteiger partial charge on any atom is 0.137 e. The van der Waals surface area contributed by atoms with Crippen molar-refractivity contribution in [3.05, 3.63) is 53.6 Å². The fraction of sp³-hybridized carbons (Fsp3) is 0.294. The number of hydrogen-bond donors (Lipinski definition) is 1. The average molecular weight is 286 g/mol. The highest BCUT2D eigenvalue weighted by atomic mass is 16.5. The second-order valence-corrected chi connectivity index (χ2v) is 4.99. The highest BCUT2D eigenvalue weighted by Gasteiger charge is 2.23. The number of fused-ring (bicyclic) bond motifs is 1. The molecule has 0 amide bonds. The Bertz CT molecular complexity index is 599. The van der Waals surface area contributed by atoms with Crippen LogP contribution in [0.15, 0.2) is 42.5 Å². The first-order chi connectivity index (χ1) is 10.3. The van der Waals surface area contributed by atoms with Crippen molar-refractivity contribution < 1.29 is 19.3 Å². The second kappa shape index (κ2) is 6.06. The molecule has 0 aliphatic carbocycles. The number of aliphatic hydroxyl groups excluding tert-OH is 1. The first-order valence-corrected chi connectivity index (χ1v) is 6.95. The van der Waals surface area contributed by atoms with E-state index in [0.717, 1.165) is 17.7 Å². The predicted molar refractivity (Wildman–Crippen MR) is 79.0 cm³/mol. The molecule has 110 valence electrons. The summed E-state index contributed by atoms with van der Waals surface area (Å²) in [5.74, 6) is 2.27. The quantitative estimate of drug-likeness (QED) is 0.917. The Labute approximate surface area is 123 Å². The van der Waals surface area contributed by atoms with E-state index in [4.69, 9.17) is 14.2 Å². The highest BCUT2D eigenvalue weighted by molar-refractivity contribution is 5.41. The molecule has 0 saturated carbocycles. The molecule has 2 aromatic carbocycles. The summed E-state index contributed by atoms with van der Waals surface area (Å²) in [4.78, 5) is 0. The third kappa shape index (κ3) is 2.95. The molecule has 0 fully saturated rings. The summed E-state index contributed by atoms with van der Waals surface area (Å²) >= 11 is 0. The highest BCUT2D eigenvalue weighted by Crippen LogP contribution is 2.30. The summed E-state index contributed by atoms with van der Waals surface area (Å²) in [5.41, 5.74) is 1.95. The number of aliphatic hydroxyl groups is 1. The Morgan fingerprint density at radius 3 is 2.86 bits per heavy atom. The predicted octanol–water partition coefficient (Wildman–Crippen LogP) is 2.57. The lowest BCUT2D eigenvalue weighted by Gasteiger charge is -2.15. The number of benzene rings is 2. The summed E-state index contributed by atoms with van der Waals surface area (Å²) in [7, 11) is 1.61. The van der Waals surface area contributed by atoms with Gasteiger partial charge in [-0.2, -0.15) is 0 Å². The maximum atomic E-state index is 9.36. The Morgan fingerprint density at radius 2 is 2.10 bits per heavy atom. The van der Waals surface area contributed by atoms with Crippen molar-refractivity contribution in [1.82, 2.24) is 0 Å². The molecule has 4 nitrogen and oxygen atoms in total. The van der Waals surface area contributed by atoms with Crippen molar-refractivity contribution in [2.45, 2.75) is 19.1 Å². The van der Waals surface area contributed by atoms with Crippen molar-refractivity contribution in [3.8, 4) is 17.2 Å². The molecule has 2 aromatic rings. The van der Waals surface area contributed by atoms with Gasteiger partial charge in [0, 0.05) is 18.1 Å². The van der Waals surface area contributed by atoms with Crippen LogP contribution in [0.3, 0.4) is 0 Å². The lowest BCUT2D eigenvalue weighted by molar-refractivity contribution is 0.145. The Morgan fingerprint density at radius 1 is 1.24 bits per heavy atom. The fourth-order valence-corrected chi connectivity index (χ4v) is 2.46. The van der Waals surface area contributed by atoms with E-state index < -0.39 is 0 Å². The summed E-state index contributed by atoms with van der Waals surface area (Å²) in [6.45, 7) is 0.375. The van der Waals surface area contributed by atoms with Gasteiger partial charge in [0.2, 0.25) is 0 Å². The van der Waals surface area contributed by atoms with Crippen LogP contribution in [0.4, 0.5) is 0 Å². The van der Waals surface area contributed by atoms with Crippen LogP contribution in [-0.2, 0) is 13.0 Å². The Kier molecular flexibility index (Phi) is 3.97. The van der Waals surface area contributed by atoms with Crippen LogP contribution in [0, 0.1) is 0 Å². The minimum atomic E-state index is -0.0644. The minimum Gasteiger partial charge on any atom is -0.497 e. The largest absolute Gasteiger partial charge is 0.497 e. The standard InChI is InChI=1S/C17H18O4/c1-19-14-7-6-13(10-18)17(9-14)20-11-15-8-12-4-2-3-5-16(12)21-15/h2-7,9,15,18H,8,10-11H2,1H3. The third-order valence-electron chi connectivity index (χ3n) is 3.58. The number of rotatable bonds is 5. The van der Waals surface area contributed by atoms with Gasteiger partial charge >= 0.3 is 0 Å². The smallest absolute Gasteiger partial charge is 0.137 e. The van der Waals surface area contributed by atoms with Crippen molar-refractivity contribution in [2.24, 2.45) is 0 Å². The topological polar surface area (TPSA) is 47.9 Å². The van der Waals surface area contributed by atoms with E-state index in [1.54, 1.807) is 25.3 Å². The molecule has 1 N–H and O–H groups in total. The fourth-order valence-electron chi connectivity index (χ4n) is 2.46. The van der Waals surface area contributed by atoms with Gasteiger partial charge in [-0.25, -0.2) is 0 Å². The Hall–Kier alpha value is -2.20. The molecule has 1 atom stereocenters. The maximum absolute atomic E-state index is 9.36. The molecule has 0 spiro atoms. The average Bonchev–Trinajstić information content (AvgIpc) is 2.95. The molecular weight excluding hydrogens is 268 g/mol. The third-order valence-corrected chi connectivity index (χ3v) is 3.58. The van der Waals surface area contributed by atoms with Gasteiger partial charge in [-0.15, -0.1) is 0 Å². The number of methoxy groups -OCH3 is 1. The molecule has 4 heteroatoms. The zero-order valence-electron chi connectivity index (χ0n) is 11.9. The summed E-state index contributed by atoms with van der Waals surface area (Å²) in [6.07, 6.45) is 0.842. The van der Waals surface area contributed by atoms with Gasteiger partial charge in [-0.05, 0) is 23.8 Å². The molecule has 0 radical (unpaired) electrons. The zero-order valence-corrected chi connectivity index (χ0v) is 11.9. The molecule has 1 aliphatic rings. The van der Waals surface area contributed by atoms with E-state index in [1.165, 1.54) is 5.56 Å². The van der Waals surface area contributed by atoms with Crippen LogP contribution in [0.2, 0.25) is 0 Å². The van der Waals surface area contributed by atoms with Gasteiger partial charge in [0.15, 0.2) is 0 Å². The molecule has 0 bridgehead atoms. The first-order valence-electron chi connectivity index (χ1n) is 6.95. The molecule has 3 rings (SSSR count). The van der Waals surface area contributed by atoms with E-state index in [2.05, 4.69) is 6.07 Å². The van der Waals surface area contributed by atoms with Gasteiger partial charge in [-0.3, -0.25) is 0 Å². The van der Waals surface area contributed by atoms with Crippen LogP contribution in [0.1, 0.15) is 11.1 Å².